The summed E-state index contributed by atoms with van der Waals surface area (Å²) in [5, 5.41) is 3.41. The van der Waals surface area contributed by atoms with Gasteiger partial charge in [-0.3, -0.25) is 4.79 Å². The van der Waals surface area contributed by atoms with E-state index in [1.807, 2.05) is 35.2 Å². The Labute approximate surface area is 139 Å². The smallest absolute Gasteiger partial charge is 0.236 e. The Kier molecular flexibility index (Phi) is 10.9. The summed E-state index contributed by atoms with van der Waals surface area (Å²) in [6, 6.07) is 10.0. The van der Waals surface area contributed by atoms with E-state index in [0.717, 1.165) is 43.9 Å². The van der Waals surface area contributed by atoms with Crippen molar-refractivity contribution in [3.63, 3.8) is 0 Å². The normalized spacial score (nSPS) is 10.6. The maximum absolute atomic E-state index is 12.5. The second-order valence-electron chi connectivity index (χ2n) is 5.39. The van der Waals surface area contributed by atoms with Gasteiger partial charge in [0.1, 0.15) is 0 Å². The summed E-state index contributed by atoms with van der Waals surface area (Å²) in [6.07, 6.45) is 4.60. The molecule has 0 heterocycles. The maximum atomic E-state index is 12.5. The fourth-order valence-electron chi connectivity index (χ4n) is 2.13. The van der Waals surface area contributed by atoms with Crippen LogP contribution in [0.4, 0.5) is 5.69 Å². The molecule has 0 aliphatic heterocycles. The highest BCUT2D eigenvalue weighted by Gasteiger charge is 2.14. The van der Waals surface area contributed by atoms with E-state index in [1.54, 1.807) is 11.8 Å². The van der Waals surface area contributed by atoms with Crippen molar-refractivity contribution in [1.82, 2.24) is 5.32 Å². The van der Waals surface area contributed by atoms with Crippen molar-refractivity contribution in [1.29, 1.82) is 0 Å². The molecule has 0 aromatic heterocycles. The zero-order chi connectivity index (χ0) is 16.0. The van der Waals surface area contributed by atoms with Gasteiger partial charge in [-0.15, -0.1) is 0 Å². The average molecular weight is 323 g/mol. The van der Waals surface area contributed by atoms with Gasteiger partial charge in [-0.05, 0) is 31.5 Å². The molecule has 1 rings (SSSR count). The maximum Gasteiger partial charge on any atom is 0.236 e. The van der Waals surface area contributed by atoms with Gasteiger partial charge in [-0.1, -0.05) is 44.9 Å². The lowest BCUT2D eigenvalue weighted by atomic mass is 10.2. The van der Waals surface area contributed by atoms with E-state index < -0.39 is 0 Å². The van der Waals surface area contributed by atoms with E-state index in [-0.39, 0.29) is 5.91 Å². The standard InChI is InChI=1S/C18H30N2OS/c1-3-5-12-19-13-15-22-16-18(21)20(14-6-4-2)17-10-8-7-9-11-17/h7-11,19H,3-6,12-16H2,1-2H3. The number of carbonyl (C=O) groups is 1. The fourth-order valence-corrected chi connectivity index (χ4v) is 2.89. The van der Waals surface area contributed by atoms with Gasteiger partial charge in [0, 0.05) is 24.5 Å². The van der Waals surface area contributed by atoms with Crippen molar-refractivity contribution in [3.05, 3.63) is 30.3 Å². The predicted molar refractivity (Wildman–Crippen MR) is 98.8 cm³/mol. The SMILES string of the molecule is CCCCNCCSCC(=O)N(CCCC)c1ccccc1. The molecule has 3 nitrogen and oxygen atoms in total. The predicted octanol–water partition coefficient (Wildman–Crippen LogP) is 3.94. The molecule has 22 heavy (non-hydrogen) atoms. The summed E-state index contributed by atoms with van der Waals surface area (Å²) in [6.45, 7) is 7.23. The molecule has 1 aromatic rings. The largest absolute Gasteiger partial charge is 0.316 e. The third-order valence-electron chi connectivity index (χ3n) is 3.46. The number of hydrogen-bond donors (Lipinski definition) is 1. The number of thioether (sulfide) groups is 1. The van der Waals surface area contributed by atoms with Gasteiger partial charge in [-0.2, -0.15) is 11.8 Å². The number of para-hydroxylation sites is 1. The van der Waals surface area contributed by atoms with Crippen molar-refractivity contribution in [2.45, 2.75) is 39.5 Å². The molecule has 0 bridgehead atoms. The Hall–Kier alpha value is -1.00. The molecule has 1 N–H and O–H groups in total. The van der Waals surface area contributed by atoms with Gasteiger partial charge in [0.25, 0.3) is 0 Å². The van der Waals surface area contributed by atoms with Crippen LogP contribution in [0.1, 0.15) is 39.5 Å². The second kappa shape index (κ2) is 12.5. The topological polar surface area (TPSA) is 32.3 Å². The van der Waals surface area contributed by atoms with Crippen LogP contribution in [0.2, 0.25) is 0 Å². The Morgan fingerprint density at radius 1 is 1.09 bits per heavy atom. The number of nitrogens with one attached hydrogen (secondary N) is 1. The molecule has 0 unspecified atom stereocenters. The van der Waals surface area contributed by atoms with Crippen LogP contribution in [0, 0.1) is 0 Å². The van der Waals surface area contributed by atoms with E-state index in [4.69, 9.17) is 0 Å². The monoisotopic (exact) mass is 322 g/mol. The summed E-state index contributed by atoms with van der Waals surface area (Å²) >= 11 is 1.72. The summed E-state index contributed by atoms with van der Waals surface area (Å²) in [4.78, 5) is 14.4. The third kappa shape index (κ3) is 7.85. The number of carbonyl (C=O) groups excluding carboxylic acids is 1. The van der Waals surface area contributed by atoms with Gasteiger partial charge >= 0.3 is 0 Å². The Morgan fingerprint density at radius 2 is 1.82 bits per heavy atom. The van der Waals surface area contributed by atoms with Crippen molar-refractivity contribution in [2.24, 2.45) is 0 Å². The van der Waals surface area contributed by atoms with Crippen molar-refractivity contribution < 1.29 is 4.79 Å². The van der Waals surface area contributed by atoms with Crippen LogP contribution in [0.3, 0.4) is 0 Å². The Balaban J connectivity index is 2.34. The molecule has 0 aliphatic carbocycles. The van der Waals surface area contributed by atoms with E-state index in [9.17, 15) is 4.79 Å². The Morgan fingerprint density at radius 3 is 2.50 bits per heavy atom. The van der Waals surface area contributed by atoms with Crippen LogP contribution in [-0.2, 0) is 4.79 Å². The number of rotatable bonds is 12. The summed E-state index contributed by atoms with van der Waals surface area (Å²) in [5.74, 6) is 1.78. The molecule has 4 heteroatoms. The van der Waals surface area contributed by atoms with Gasteiger partial charge < -0.3 is 10.2 Å². The molecule has 0 saturated heterocycles. The summed E-state index contributed by atoms with van der Waals surface area (Å²) in [5.41, 5.74) is 1.02. The molecule has 124 valence electrons. The number of unbranched alkanes of at least 4 members (excludes halogenated alkanes) is 2. The molecule has 0 atom stereocenters. The van der Waals surface area contributed by atoms with Crippen LogP contribution < -0.4 is 10.2 Å². The zero-order valence-electron chi connectivity index (χ0n) is 14.0. The average Bonchev–Trinajstić information content (AvgIpc) is 2.55. The molecular formula is C18H30N2OS. The number of amides is 1. The van der Waals surface area contributed by atoms with Crippen LogP contribution in [0.25, 0.3) is 0 Å². The summed E-state index contributed by atoms with van der Waals surface area (Å²) in [7, 11) is 0. The highest BCUT2D eigenvalue weighted by Crippen LogP contribution is 2.16. The minimum Gasteiger partial charge on any atom is -0.316 e. The highest BCUT2D eigenvalue weighted by atomic mass is 32.2. The van der Waals surface area contributed by atoms with E-state index in [0.29, 0.717) is 5.75 Å². The van der Waals surface area contributed by atoms with Crippen molar-refractivity contribution >= 4 is 23.4 Å². The van der Waals surface area contributed by atoms with Crippen molar-refractivity contribution in [3.8, 4) is 0 Å². The van der Waals surface area contributed by atoms with Crippen LogP contribution in [0.5, 0.6) is 0 Å². The van der Waals surface area contributed by atoms with Gasteiger partial charge in [-0.25, -0.2) is 0 Å². The highest BCUT2D eigenvalue weighted by molar-refractivity contribution is 7.99. The van der Waals surface area contributed by atoms with Gasteiger partial charge in [0.05, 0.1) is 5.75 Å². The molecule has 0 spiro atoms. The van der Waals surface area contributed by atoms with E-state index in [2.05, 4.69) is 19.2 Å². The van der Waals surface area contributed by atoms with E-state index >= 15 is 0 Å². The number of anilines is 1. The quantitative estimate of drug-likeness (QED) is 0.592. The molecule has 0 aliphatic rings. The first-order valence-corrected chi connectivity index (χ1v) is 9.59. The molecule has 0 radical (unpaired) electrons. The minimum atomic E-state index is 0.221. The second-order valence-corrected chi connectivity index (χ2v) is 6.50. The van der Waals surface area contributed by atoms with E-state index in [1.165, 1.54) is 12.8 Å². The Bertz CT molecular complexity index is 397. The first kappa shape index (κ1) is 19.0. The zero-order valence-corrected chi connectivity index (χ0v) is 14.8. The molecule has 1 amide bonds. The third-order valence-corrected chi connectivity index (χ3v) is 4.40. The number of benzene rings is 1. The number of hydrogen-bond acceptors (Lipinski definition) is 3. The van der Waals surface area contributed by atoms with Crippen LogP contribution in [0.15, 0.2) is 30.3 Å². The molecule has 0 saturated carbocycles. The molecular weight excluding hydrogens is 292 g/mol. The van der Waals surface area contributed by atoms with Crippen LogP contribution >= 0.6 is 11.8 Å². The van der Waals surface area contributed by atoms with Crippen LogP contribution in [-0.4, -0.2) is 37.0 Å². The first-order valence-electron chi connectivity index (χ1n) is 8.43. The minimum absolute atomic E-state index is 0.221. The lowest BCUT2D eigenvalue weighted by Crippen LogP contribution is -2.33. The van der Waals surface area contributed by atoms with Gasteiger partial charge in [0.15, 0.2) is 0 Å². The molecule has 0 fully saturated rings. The lowest BCUT2D eigenvalue weighted by molar-refractivity contribution is -0.116. The van der Waals surface area contributed by atoms with Crippen molar-refractivity contribution in [2.75, 3.05) is 36.0 Å². The molecule has 1 aromatic carbocycles. The lowest BCUT2D eigenvalue weighted by Gasteiger charge is -2.22. The number of nitrogens with zero attached hydrogens (tertiary/aromatic N) is 1. The fraction of sp³-hybridized carbons (Fsp3) is 0.611. The first-order chi connectivity index (χ1) is 10.8. The summed E-state index contributed by atoms with van der Waals surface area (Å²) < 4.78 is 0. The van der Waals surface area contributed by atoms with Gasteiger partial charge in [0.2, 0.25) is 5.91 Å².